The molecule has 0 aliphatic carbocycles. The third-order valence-electron chi connectivity index (χ3n) is 4.34. The highest BCUT2D eigenvalue weighted by atomic mass is 19.4. The summed E-state index contributed by atoms with van der Waals surface area (Å²) in [5, 5.41) is 6.17. The number of methoxy groups -OCH3 is 2. The molecule has 0 saturated heterocycles. The summed E-state index contributed by atoms with van der Waals surface area (Å²) in [6, 6.07) is 13.0. The first-order chi connectivity index (χ1) is 14.8. The molecule has 1 amide bonds. The zero-order chi connectivity index (χ0) is 22.4. The van der Waals surface area contributed by atoms with Crippen molar-refractivity contribution in [3.63, 3.8) is 0 Å². The summed E-state index contributed by atoms with van der Waals surface area (Å²) in [6.07, 6.45) is -4.52. The molecule has 3 rings (SSSR count). The summed E-state index contributed by atoms with van der Waals surface area (Å²) in [5.41, 5.74) is -0.141. The van der Waals surface area contributed by atoms with E-state index in [9.17, 15) is 18.0 Å². The molecule has 0 spiro atoms. The molecule has 164 valence electrons. The van der Waals surface area contributed by atoms with Crippen molar-refractivity contribution >= 4 is 6.09 Å². The number of para-hydroxylation sites is 1. The quantitative estimate of drug-likeness (QED) is 0.601. The van der Waals surface area contributed by atoms with Gasteiger partial charge >= 0.3 is 12.3 Å². The molecule has 0 aliphatic rings. The van der Waals surface area contributed by atoms with Gasteiger partial charge in [0.1, 0.15) is 0 Å². The second-order valence-electron chi connectivity index (χ2n) is 6.36. The van der Waals surface area contributed by atoms with E-state index in [1.807, 2.05) is 0 Å². The van der Waals surface area contributed by atoms with E-state index in [1.54, 1.807) is 36.4 Å². The first-order valence-electron chi connectivity index (χ1n) is 9.20. The van der Waals surface area contributed by atoms with Crippen molar-refractivity contribution in [1.82, 2.24) is 15.1 Å². The monoisotopic (exact) mass is 435 g/mol. The van der Waals surface area contributed by atoms with E-state index in [0.717, 1.165) is 11.8 Å². The standard InChI is InChI=1S/C21H20F3N3O4/c1-29-16-9-8-14(12-17(16)30-2)10-11-25-20(28)31-18-13-26-27(19(18)21(22,23)24)15-6-4-3-5-7-15/h3-9,12-13H,10-11H2,1-2H3,(H,25,28). The Kier molecular flexibility index (Phi) is 6.68. The van der Waals surface area contributed by atoms with Crippen LogP contribution in [0.1, 0.15) is 11.3 Å². The Morgan fingerprint density at radius 3 is 2.39 bits per heavy atom. The zero-order valence-electron chi connectivity index (χ0n) is 16.8. The maximum atomic E-state index is 13.6. The molecule has 0 radical (unpaired) electrons. The van der Waals surface area contributed by atoms with E-state index in [4.69, 9.17) is 14.2 Å². The van der Waals surface area contributed by atoms with Crippen molar-refractivity contribution in [2.75, 3.05) is 20.8 Å². The van der Waals surface area contributed by atoms with E-state index in [-0.39, 0.29) is 12.2 Å². The molecule has 0 saturated carbocycles. The van der Waals surface area contributed by atoms with Gasteiger partial charge in [0, 0.05) is 6.54 Å². The normalized spacial score (nSPS) is 11.1. The van der Waals surface area contributed by atoms with Crippen LogP contribution in [0.5, 0.6) is 17.2 Å². The SMILES string of the molecule is COc1ccc(CCNC(=O)Oc2cnn(-c3ccccc3)c2C(F)(F)F)cc1OC. The van der Waals surface area contributed by atoms with Crippen LogP contribution in [0.15, 0.2) is 54.7 Å². The average Bonchev–Trinajstić information content (AvgIpc) is 3.18. The number of rotatable bonds is 7. The van der Waals surface area contributed by atoms with Gasteiger partial charge in [-0.3, -0.25) is 0 Å². The minimum atomic E-state index is -4.78. The third kappa shape index (κ3) is 5.27. The van der Waals surface area contributed by atoms with Gasteiger partial charge in [-0.15, -0.1) is 0 Å². The fraction of sp³-hybridized carbons (Fsp3) is 0.238. The summed E-state index contributed by atoms with van der Waals surface area (Å²) in [7, 11) is 3.02. The predicted octanol–water partition coefficient (Wildman–Crippen LogP) is 4.24. The molecule has 31 heavy (non-hydrogen) atoms. The second-order valence-corrected chi connectivity index (χ2v) is 6.36. The number of carbonyl (C=O) groups excluding carboxylic acids is 1. The fourth-order valence-corrected chi connectivity index (χ4v) is 2.91. The molecule has 7 nitrogen and oxygen atoms in total. The van der Waals surface area contributed by atoms with Gasteiger partial charge in [-0.1, -0.05) is 24.3 Å². The Morgan fingerprint density at radius 2 is 1.74 bits per heavy atom. The molecular formula is C21H20F3N3O4. The van der Waals surface area contributed by atoms with Crippen molar-refractivity contribution in [2.24, 2.45) is 0 Å². The molecule has 2 aromatic carbocycles. The Hall–Kier alpha value is -3.69. The van der Waals surface area contributed by atoms with Crippen molar-refractivity contribution in [3.05, 3.63) is 66.0 Å². The molecule has 1 N–H and O–H groups in total. The molecular weight excluding hydrogens is 415 g/mol. The second kappa shape index (κ2) is 9.41. The number of ether oxygens (including phenoxy) is 3. The van der Waals surface area contributed by atoms with Crippen LogP contribution in [0.2, 0.25) is 0 Å². The van der Waals surface area contributed by atoms with E-state index in [1.165, 1.54) is 26.4 Å². The number of carbonyl (C=O) groups is 1. The van der Waals surface area contributed by atoms with Crippen molar-refractivity contribution in [2.45, 2.75) is 12.6 Å². The van der Waals surface area contributed by atoms with Gasteiger partial charge in [-0.2, -0.15) is 18.3 Å². The molecule has 0 aliphatic heterocycles. The highest BCUT2D eigenvalue weighted by molar-refractivity contribution is 5.70. The lowest BCUT2D eigenvalue weighted by Gasteiger charge is -2.13. The van der Waals surface area contributed by atoms with Crippen LogP contribution < -0.4 is 19.5 Å². The Bertz CT molecular complexity index is 1040. The lowest BCUT2D eigenvalue weighted by atomic mass is 10.1. The lowest BCUT2D eigenvalue weighted by Crippen LogP contribution is -2.29. The maximum Gasteiger partial charge on any atom is 0.437 e. The third-order valence-corrected chi connectivity index (χ3v) is 4.34. The zero-order valence-corrected chi connectivity index (χ0v) is 16.8. The molecule has 0 atom stereocenters. The Morgan fingerprint density at radius 1 is 1.03 bits per heavy atom. The van der Waals surface area contributed by atoms with Crippen LogP contribution in [0.25, 0.3) is 5.69 Å². The Balaban J connectivity index is 1.66. The number of alkyl halides is 3. The molecule has 0 bridgehead atoms. The van der Waals surface area contributed by atoms with Crippen LogP contribution in [0, 0.1) is 0 Å². The van der Waals surface area contributed by atoms with Crippen molar-refractivity contribution in [1.29, 1.82) is 0 Å². The van der Waals surface area contributed by atoms with Crippen LogP contribution in [0.3, 0.4) is 0 Å². The van der Waals surface area contributed by atoms with E-state index < -0.39 is 23.7 Å². The molecule has 3 aromatic rings. The summed E-state index contributed by atoms with van der Waals surface area (Å²) in [5.74, 6) is 0.416. The topological polar surface area (TPSA) is 74.6 Å². The fourth-order valence-electron chi connectivity index (χ4n) is 2.91. The van der Waals surface area contributed by atoms with Gasteiger partial charge in [0.25, 0.3) is 0 Å². The van der Waals surface area contributed by atoms with Crippen LogP contribution in [-0.4, -0.2) is 36.6 Å². The number of benzene rings is 2. The average molecular weight is 435 g/mol. The largest absolute Gasteiger partial charge is 0.493 e. The van der Waals surface area contributed by atoms with Gasteiger partial charge in [0.05, 0.1) is 26.1 Å². The first kappa shape index (κ1) is 22.0. The number of nitrogens with zero attached hydrogens (tertiary/aromatic N) is 2. The Labute approximate surface area is 176 Å². The van der Waals surface area contributed by atoms with Gasteiger partial charge in [0.2, 0.25) is 0 Å². The number of halogens is 3. The number of aromatic nitrogens is 2. The molecule has 10 heteroatoms. The van der Waals surface area contributed by atoms with Crippen LogP contribution >= 0.6 is 0 Å². The van der Waals surface area contributed by atoms with Crippen molar-refractivity contribution in [3.8, 4) is 22.9 Å². The molecule has 0 unspecified atom stereocenters. The summed E-state index contributed by atoms with van der Waals surface area (Å²) in [6.45, 7) is 0.141. The summed E-state index contributed by atoms with van der Waals surface area (Å²) >= 11 is 0. The lowest BCUT2D eigenvalue weighted by molar-refractivity contribution is -0.143. The minimum absolute atomic E-state index is 0.141. The molecule has 0 fully saturated rings. The molecule has 1 heterocycles. The van der Waals surface area contributed by atoms with Crippen LogP contribution in [-0.2, 0) is 12.6 Å². The number of hydrogen-bond acceptors (Lipinski definition) is 5. The van der Waals surface area contributed by atoms with E-state index in [2.05, 4.69) is 10.4 Å². The number of nitrogens with one attached hydrogen (secondary N) is 1. The van der Waals surface area contributed by atoms with Gasteiger partial charge in [-0.25, -0.2) is 9.48 Å². The van der Waals surface area contributed by atoms with Crippen LogP contribution in [0.4, 0.5) is 18.0 Å². The smallest absolute Gasteiger partial charge is 0.437 e. The van der Waals surface area contributed by atoms with E-state index >= 15 is 0 Å². The van der Waals surface area contributed by atoms with Crippen molar-refractivity contribution < 1.29 is 32.2 Å². The maximum absolute atomic E-state index is 13.6. The van der Waals surface area contributed by atoms with E-state index in [0.29, 0.717) is 22.6 Å². The highest BCUT2D eigenvalue weighted by Gasteiger charge is 2.40. The predicted molar refractivity (Wildman–Crippen MR) is 106 cm³/mol. The number of amides is 1. The van der Waals surface area contributed by atoms with Gasteiger partial charge in [0.15, 0.2) is 22.9 Å². The summed E-state index contributed by atoms with van der Waals surface area (Å²) < 4.78 is 56.7. The minimum Gasteiger partial charge on any atom is -0.493 e. The van der Waals surface area contributed by atoms with Gasteiger partial charge < -0.3 is 19.5 Å². The highest BCUT2D eigenvalue weighted by Crippen LogP contribution is 2.37. The van der Waals surface area contributed by atoms with Gasteiger partial charge in [-0.05, 0) is 36.2 Å². The first-order valence-corrected chi connectivity index (χ1v) is 9.20. The number of hydrogen-bond donors (Lipinski definition) is 1. The summed E-state index contributed by atoms with van der Waals surface area (Å²) in [4.78, 5) is 12.1. The molecule has 1 aromatic heterocycles.